The molecule has 0 unspecified atom stereocenters. The summed E-state index contributed by atoms with van der Waals surface area (Å²) in [6.07, 6.45) is 0. The van der Waals surface area contributed by atoms with E-state index in [1.807, 2.05) is 18.2 Å². The summed E-state index contributed by atoms with van der Waals surface area (Å²) in [5.74, 6) is 1.82. The minimum absolute atomic E-state index is 0.591. The number of hydrogen-bond donors (Lipinski definition) is 0. The summed E-state index contributed by atoms with van der Waals surface area (Å²) in [7, 11) is 0. The quantitative estimate of drug-likeness (QED) is 0.151. The Morgan fingerprint density at radius 2 is 0.774 bits per heavy atom. The molecule has 0 saturated carbocycles. The molecule has 1 aromatic heterocycles. The van der Waals surface area contributed by atoms with Gasteiger partial charge in [0.05, 0.1) is 6.57 Å². The van der Waals surface area contributed by atoms with Gasteiger partial charge in [-0.25, -0.2) is 19.8 Å². The predicted octanol–water partition coefficient (Wildman–Crippen LogP) is 15.5. The van der Waals surface area contributed by atoms with E-state index in [0.29, 0.717) is 23.2 Å². The first-order chi connectivity index (χ1) is 30.5. The Labute approximate surface area is 361 Å². The van der Waals surface area contributed by atoms with E-state index in [1.165, 1.54) is 49.7 Å². The van der Waals surface area contributed by atoms with Gasteiger partial charge in [0.2, 0.25) is 0 Å². The molecule has 0 aliphatic heterocycles. The van der Waals surface area contributed by atoms with Gasteiger partial charge in [0.15, 0.2) is 23.2 Å². The standard InChI is InChI=1S/C58H38N4/c1-36-25-29-38(30-26-36)56-60-57(39-31-27-37(2)28-32-39)62-58(61-56)52-20-9-8-19-47(52)43-15-4-5-16-44(43)49-23-12-24-53(59-3)54(49)41-14-10-13-40(35-41)42-33-34-51-46-18-7-6-17-45(46)50-22-11-21-48(42)55(50)51/h4-35H,1-2H3. The van der Waals surface area contributed by atoms with Gasteiger partial charge in [-0.15, -0.1) is 0 Å². The number of fused-ring (bicyclic) bond motifs is 3. The van der Waals surface area contributed by atoms with Gasteiger partial charge >= 0.3 is 0 Å². The highest BCUT2D eigenvalue weighted by molar-refractivity contribution is 6.18. The fourth-order valence-corrected chi connectivity index (χ4v) is 9.09. The zero-order valence-corrected chi connectivity index (χ0v) is 34.3. The first kappa shape index (κ1) is 36.8. The van der Waals surface area contributed by atoms with E-state index in [1.54, 1.807) is 0 Å². The molecule has 0 spiro atoms. The van der Waals surface area contributed by atoms with Crippen LogP contribution in [-0.4, -0.2) is 15.0 Å². The molecule has 10 aromatic rings. The third kappa shape index (κ3) is 6.27. The number of hydrogen-bond acceptors (Lipinski definition) is 3. The lowest BCUT2D eigenvalue weighted by molar-refractivity contribution is 1.07. The van der Waals surface area contributed by atoms with Gasteiger partial charge in [-0.05, 0) is 97.4 Å². The molecule has 0 amide bonds. The van der Waals surface area contributed by atoms with Crippen molar-refractivity contribution in [3.8, 4) is 101 Å². The van der Waals surface area contributed by atoms with Crippen LogP contribution < -0.4 is 0 Å². The highest BCUT2D eigenvalue weighted by atomic mass is 15.0. The predicted molar refractivity (Wildman–Crippen MR) is 256 cm³/mol. The van der Waals surface area contributed by atoms with E-state index < -0.39 is 0 Å². The molecule has 0 atom stereocenters. The Balaban J connectivity index is 1.06. The summed E-state index contributed by atoms with van der Waals surface area (Å²) < 4.78 is 0. The fraction of sp³-hybridized carbons (Fsp3) is 0.0345. The van der Waals surface area contributed by atoms with Crippen LogP contribution in [-0.2, 0) is 0 Å². The molecule has 62 heavy (non-hydrogen) atoms. The minimum Gasteiger partial charge on any atom is -0.237 e. The number of rotatable bonds is 7. The van der Waals surface area contributed by atoms with Crippen LogP contribution in [0.25, 0.3) is 117 Å². The van der Waals surface area contributed by atoms with Gasteiger partial charge in [-0.3, -0.25) is 0 Å². The second-order valence-corrected chi connectivity index (χ2v) is 16.0. The van der Waals surface area contributed by atoms with Crippen molar-refractivity contribution in [2.75, 3.05) is 0 Å². The molecule has 1 heterocycles. The van der Waals surface area contributed by atoms with Gasteiger partial charge in [0, 0.05) is 16.7 Å². The maximum Gasteiger partial charge on any atom is 0.195 e. The zero-order valence-electron chi connectivity index (χ0n) is 34.3. The fourth-order valence-electron chi connectivity index (χ4n) is 9.09. The van der Waals surface area contributed by atoms with Gasteiger partial charge in [0.1, 0.15) is 0 Å². The molecule has 1 aliphatic carbocycles. The molecule has 4 heteroatoms. The van der Waals surface area contributed by atoms with Crippen LogP contribution in [0.2, 0.25) is 0 Å². The van der Waals surface area contributed by atoms with Crippen LogP contribution in [0.3, 0.4) is 0 Å². The molecular formula is C58H38N4. The number of nitrogens with zero attached hydrogens (tertiary/aromatic N) is 4. The van der Waals surface area contributed by atoms with Gasteiger partial charge in [-0.2, -0.15) is 0 Å². The molecule has 1 aliphatic rings. The van der Waals surface area contributed by atoms with Gasteiger partial charge < -0.3 is 0 Å². The Kier molecular flexibility index (Phi) is 8.95. The highest BCUT2D eigenvalue weighted by Gasteiger charge is 2.24. The topological polar surface area (TPSA) is 43.0 Å². The molecule has 4 nitrogen and oxygen atoms in total. The smallest absolute Gasteiger partial charge is 0.195 e. The van der Waals surface area contributed by atoms with Crippen molar-refractivity contribution in [2.45, 2.75) is 13.8 Å². The SMILES string of the molecule is [C-]#[N+]c1cccc(-c2ccccc2-c2ccccc2-c2nc(-c3ccc(C)cc3)nc(-c3ccc(C)cc3)n2)c1-c1cccc(-c2ccc3c4c(cccc24)-c2ccccc2-3)c1. The second kappa shape index (κ2) is 15.1. The molecular weight excluding hydrogens is 753 g/mol. The summed E-state index contributed by atoms with van der Waals surface area (Å²) in [6, 6.07) is 68.0. The van der Waals surface area contributed by atoms with Crippen molar-refractivity contribution in [1.82, 2.24) is 15.0 Å². The van der Waals surface area contributed by atoms with E-state index in [2.05, 4.69) is 195 Å². The van der Waals surface area contributed by atoms with Crippen LogP contribution in [0.1, 0.15) is 11.1 Å². The molecule has 290 valence electrons. The average molecular weight is 791 g/mol. The summed E-state index contributed by atoms with van der Waals surface area (Å²) in [5, 5.41) is 2.52. The highest BCUT2D eigenvalue weighted by Crippen LogP contribution is 2.50. The van der Waals surface area contributed by atoms with Crippen molar-refractivity contribution in [1.29, 1.82) is 0 Å². The van der Waals surface area contributed by atoms with Gasteiger partial charge in [-0.1, -0.05) is 199 Å². The number of aryl methyl sites for hydroxylation is 2. The van der Waals surface area contributed by atoms with Crippen LogP contribution in [0.15, 0.2) is 194 Å². The van der Waals surface area contributed by atoms with Crippen molar-refractivity contribution in [3.05, 3.63) is 217 Å². The van der Waals surface area contributed by atoms with Crippen molar-refractivity contribution in [2.24, 2.45) is 0 Å². The Morgan fingerprint density at radius 1 is 0.339 bits per heavy atom. The van der Waals surface area contributed by atoms with Crippen LogP contribution in [0.4, 0.5) is 5.69 Å². The lowest BCUT2D eigenvalue weighted by atomic mass is 9.86. The molecule has 0 bridgehead atoms. The summed E-state index contributed by atoms with van der Waals surface area (Å²) in [5.41, 5.74) is 19.0. The largest absolute Gasteiger partial charge is 0.237 e. The van der Waals surface area contributed by atoms with E-state index in [4.69, 9.17) is 21.5 Å². The van der Waals surface area contributed by atoms with Crippen LogP contribution >= 0.6 is 0 Å². The first-order valence-electron chi connectivity index (χ1n) is 20.9. The monoisotopic (exact) mass is 790 g/mol. The Morgan fingerprint density at radius 3 is 1.39 bits per heavy atom. The van der Waals surface area contributed by atoms with E-state index in [0.717, 1.165) is 55.6 Å². The van der Waals surface area contributed by atoms with E-state index in [9.17, 15) is 0 Å². The summed E-state index contributed by atoms with van der Waals surface area (Å²) in [4.78, 5) is 19.4. The molecule has 0 N–H and O–H groups in total. The third-order valence-corrected chi connectivity index (χ3v) is 12.1. The molecule has 11 rings (SSSR count). The summed E-state index contributed by atoms with van der Waals surface area (Å²) in [6.45, 7) is 12.6. The Hall–Kier alpha value is -8.26. The second-order valence-electron chi connectivity index (χ2n) is 16.0. The normalized spacial score (nSPS) is 11.4. The van der Waals surface area contributed by atoms with Crippen molar-refractivity contribution < 1.29 is 0 Å². The average Bonchev–Trinajstić information content (AvgIpc) is 3.66. The van der Waals surface area contributed by atoms with E-state index in [-0.39, 0.29) is 0 Å². The van der Waals surface area contributed by atoms with Crippen LogP contribution in [0, 0.1) is 20.4 Å². The van der Waals surface area contributed by atoms with Crippen molar-refractivity contribution in [3.63, 3.8) is 0 Å². The maximum absolute atomic E-state index is 8.41. The van der Waals surface area contributed by atoms with Crippen molar-refractivity contribution >= 4 is 16.5 Å². The van der Waals surface area contributed by atoms with E-state index >= 15 is 0 Å². The molecule has 0 saturated heterocycles. The maximum atomic E-state index is 8.41. The number of aromatic nitrogens is 3. The first-order valence-corrected chi connectivity index (χ1v) is 20.9. The summed E-state index contributed by atoms with van der Waals surface area (Å²) >= 11 is 0. The Bertz CT molecular complexity index is 3340. The minimum atomic E-state index is 0.591. The van der Waals surface area contributed by atoms with Gasteiger partial charge in [0.25, 0.3) is 0 Å². The lowest BCUT2D eigenvalue weighted by Crippen LogP contribution is -2.01. The molecule has 0 radical (unpaired) electrons. The zero-order chi connectivity index (χ0) is 41.7. The lowest BCUT2D eigenvalue weighted by Gasteiger charge is -2.19. The number of benzene rings is 9. The third-order valence-electron chi connectivity index (χ3n) is 12.1. The van der Waals surface area contributed by atoms with Crippen LogP contribution in [0.5, 0.6) is 0 Å². The molecule has 9 aromatic carbocycles. The molecule has 0 fully saturated rings.